The number of halogens is 4. The smallest absolute Gasteiger partial charge is 0.331 e. The lowest BCUT2D eigenvalue weighted by Crippen LogP contribution is -2.35. The van der Waals surface area contributed by atoms with Crippen molar-refractivity contribution in [2.75, 3.05) is 6.54 Å². The third-order valence-corrected chi connectivity index (χ3v) is 2.89. The van der Waals surface area contributed by atoms with Crippen molar-refractivity contribution in [3.63, 3.8) is 0 Å². The average molecular weight is 332 g/mol. The molecule has 2 N–H and O–H groups in total. The van der Waals surface area contributed by atoms with Gasteiger partial charge < -0.3 is 10.6 Å². The molecule has 6 nitrogen and oxygen atoms in total. The predicted octanol–water partition coefficient (Wildman–Crippen LogP) is 1.83. The van der Waals surface area contributed by atoms with Crippen LogP contribution in [0, 0.1) is 12.3 Å². The minimum absolute atomic E-state index is 0.0243. The van der Waals surface area contributed by atoms with Gasteiger partial charge in [0.05, 0.1) is 23.7 Å². The lowest BCUT2D eigenvalue weighted by Gasteiger charge is -2.09. The third-order valence-electron chi connectivity index (χ3n) is 2.62. The quantitative estimate of drug-likeness (QED) is 0.843. The molecule has 0 aromatic carbocycles. The molecule has 2 aromatic rings. The van der Waals surface area contributed by atoms with E-state index in [0.717, 1.165) is 16.7 Å². The van der Waals surface area contributed by atoms with Crippen molar-refractivity contribution in [2.45, 2.75) is 12.7 Å². The van der Waals surface area contributed by atoms with E-state index in [0.29, 0.717) is 0 Å². The van der Waals surface area contributed by atoms with Gasteiger partial charge in [0, 0.05) is 6.20 Å². The van der Waals surface area contributed by atoms with E-state index in [-0.39, 0.29) is 29.6 Å². The summed E-state index contributed by atoms with van der Waals surface area (Å²) in [5.74, 6) is 2.30. The van der Waals surface area contributed by atoms with Gasteiger partial charge in [-0.3, -0.25) is 4.40 Å². The number of nitrogens with zero attached hydrogens (tertiary/aromatic N) is 3. The average Bonchev–Trinajstić information content (AvgIpc) is 2.85. The van der Waals surface area contributed by atoms with E-state index in [1.165, 1.54) is 0 Å². The first kappa shape index (κ1) is 15.9. The highest BCUT2D eigenvalue weighted by Gasteiger charge is 2.32. The number of terminal acetylenes is 1. The summed E-state index contributed by atoms with van der Waals surface area (Å²) in [4.78, 5) is 11.3. The van der Waals surface area contributed by atoms with Crippen molar-refractivity contribution < 1.29 is 18.0 Å². The fourth-order valence-electron chi connectivity index (χ4n) is 1.63. The number of pyridine rings is 1. The molecule has 0 atom stereocenters. The Kier molecular flexibility index (Phi) is 4.42. The first-order valence-electron chi connectivity index (χ1n) is 5.88. The Morgan fingerprint density at radius 1 is 1.41 bits per heavy atom. The Morgan fingerprint density at radius 3 is 2.77 bits per heavy atom. The summed E-state index contributed by atoms with van der Waals surface area (Å²) < 4.78 is 39.4. The standard InChI is InChI=1S/C12H9ClF3N5O/c1-2-3-17-11(22)18-5-9-19-20-10-8(13)4-7(6-21(9)10)12(14,15)16/h1,4,6H,3,5H2,(H2,17,18,22). The molecule has 10 heteroatoms. The molecule has 0 fully saturated rings. The van der Waals surface area contributed by atoms with Crippen molar-refractivity contribution in [2.24, 2.45) is 0 Å². The molecule has 2 heterocycles. The van der Waals surface area contributed by atoms with Gasteiger partial charge >= 0.3 is 12.2 Å². The zero-order valence-corrected chi connectivity index (χ0v) is 11.7. The maximum Gasteiger partial charge on any atom is 0.417 e. The van der Waals surface area contributed by atoms with Gasteiger partial charge in [-0.05, 0) is 6.07 Å². The summed E-state index contributed by atoms with van der Waals surface area (Å²) in [6, 6.07) is 0.190. The zero-order chi connectivity index (χ0) is 16.3. The van der Waals surface area contributed by atoms with E-state index in [1.807, 2.05) is 0 Å². The van der Waals surface area contributed by atoms with Crippen LogP contribution in [0.4, 0.5) is 18.0 Å². The molecule has 22 heavy (non-hydrogen) atoms. The number of hydrogen-bond acceptors (Lipinski definition) is 3. The summed E-state index contributed by atoms with van der Waals surface area (Å²) >= 11 is 5.77. The molecule has 0 bridgehead atoms. The van der Waals surface area contributed by atoms with Crippen LogP contribution in [0.3, 0.4) is 0 Å². The minimum Gasteiger partial charge on any atom is -0.331 e. The van der Waals surface area contributed by atoms with Crippen LogP contribution in [0.2, 0.25) is 5.02 Å². The molecular formula is C12H9ClF3N5O. The number of alkyl halides is 3. The van der Waals surface area contributed by atoms with Gasteiger partial charge in [0.15, 0.2) is 11.5 Å². The molecule has 0 radical (unpaired) electrons. The first-order valence-corrected chi connectivity index (χ1v) is 6.26. The number of fused-ring (bicyclic) bond motifs is 1. The fourth-order valence-corrected chi connectivity index (χ4v) is 1.87. The summed E-state index contributed by atoms with van der Waals surface area (Å²) in [5.41, 5.74) is -0.877. The topological polar surface area (TPSA) is 71.3 Å². The minimum atomic E-state index is -4.56. The van der Waals surface area contributed by atoms with E-state index in [2.05, 4.69) is 26.8 Å². The summed E-state index contributed by atoms with van der Waals surface area (Å²) in [5, 5.41) is 11.9. The Bertz CT molecular complexity index is 750. The maximum absolute atomic E-state index is 12.8. The SMILES string of the molecule is C#CCNC(=O)NCc1nnc2c(Cl)cc(C(F)(F)F)cn12. The van der Waals surface area contributed by atoms with Crippen molar-refractivity contribution in [1.82, 2.24) is 25.2 Å². The van der Waals surface area contributed by atoms with Crippen molar-refractivity contribution in [3.8, 4) is 12.3 Å². The second-order valence-electron chi connectivity index (χ2n) is 4.12. The number of nitrogens with one attached hydrogen (secondary N) is 2. The van der Waals surface area contributed by atoms with Crippen LogP contribution in [0.1, 0.15) is 11.4 Å². The summed E-state index contributed by atoms with van der Waals surface area (Å²) in [6.07, 6.45) is 1.23. The molecule has 0 saturated heterocycles. The number of hydrogen-bond donors (Lipinski definition) is 2. The van der Waals surface area contributed by atoms with Crippen LogP contribution in [-0.4, -0.2) is 27.2 Å². The van der Waals surface area contributed by atoms with Gasteiger partial charge in [0.25, 0.3) is 0 Å². The van der Waals surface area contributed by atoms with E-state index in [9.17, 15) is 18.0 Å². The van der Waals surface area contributed by atoms with Crippen molar-refractivity contribution in [3.05, 3.63) is 28.7 Å². The van der Waals surface area contributed by atoms with Gasteiger partial charge in [-0.15, -0.1) is 16.6 Å². The molecule has 2 rings (SSSR count). The Hall–Kier alpha value is -2.47. The number of urea groups is 1. The highest BCUT2D eigenvalue weighted by atomic mass is 35.5. The van der Waals surface area contributed by atoms with E-state index in [4.69, 9.17) is 18.0 Å². The van der Waals surface area contributed by atoms with Gasteiger partial charge in [-0.25, -0.2) is 4.79 Å². The monoisotopic (exact) mass is 331 g/mol. The molecule has 0 unspecified atom stereocenters. The number of rotatable bonds is 3. The third kappa shape index (κ3) is 3.40. The Morgan fingerprint density at radius 2 is 2.14 bits per heavy atom. The predicted molar refractivity (Wildman–Crippen MR) is 72.1 cm³/mol. The van der Waals surface area contributed by atoms with Crippen LogP contribution >= 0.6 is 11.6 Å². The molecule has 116 valence electrons. The second kappa shape index (κ2) is 6.11. The highest BCUT2D eigenvalue weighted by molar-refractivity contribution is 6.33. The van der Waals surface area contributed by atoms with Crippen LogP contribution in [-0.2, 0) is 12.7 Å². The molecule has 0 aliphatic heterocycles. The first-order chi connectivity index (χ1) is 10.3. The number of aromatic nitrogens is 3. The van der Waals surface area contributed by atoms with Gasteiger partial charge in [0.1, 0.15) is 0 Å². The van der Waals surface area contributed by atoms with Crippen LogP contribution in [0.5, 0.6) is 0 Å². The maximum atomic E-state index is 12.8. The lowest BCUT2D eigenvalue weighted by molar-refractivity contribution is -0.137. The number of carbonyl (C=O) groups excluding carboxylic acids is 1. The van der Waals surface area contributed by atoms with Crippen LogP contribution in [0.25, 0.3) is 5.65 Å². The van der Waals surface area contributed by atoms with Crippen molar-refractivity contribution >= 4 is 23.3 Å². The highest BCUT2D eigenvalue weighted by Crippen LogP contribution is 2.32. The molecule has 0 aliphatic rings. The Labute approximate surface area is 127 Å². The lowest BCUT2D eigenvalue weighted by atomic mass is 10.3. The molecule has 0 saturated carbocycles. The van der Waals surface area contributed by atoms with Crippen molar-refractivity contribution in [1.29, 1.82) is 0 Å². The second-order valence-corrected chi connectivity index (χ2v) is 4.53. The largest absolute Gasteiger partial charge is 0.417 e. The molecule has 2 aromatic heterocycles. The van der Waals surface area contributed by atoms with E-state index >= 15 is 0 Å². The zero-order valence-electron chi connectivity index (χ0n) is 10.9. The van der Waals surface area contributed by atoms with Gasteiger partial charge in [0.2, 0.25) is 0 Å². The van der Waals surface area contributed by atoms with E-state index in [1.54, 1.807) is 0 Å². The molecule has 2 amide bonds. The fraction of sp³-hybridized carbons (Fsp3) is 0.250. The van der Waals surface area contributed by atoms with Crippen LogP contribution < -0.4 is 10.6 Å². The number of carbonyl (C=O) groups is 1. The molecule has 0 spiro atoms. The van der Waals surface area contributed by atoms with E-state index < -0.39 is 17.8 Å². The molecular weight excluding hydrogens is 323 g/mol. The molecule has 0 aliphatic carbocycles. The Balaban J connectivity index is 2.26. The van der Waals surface area contributed by atoms with Gasteiger partial charge in [-0.1, -0.05) is 17.5 Å². The normalized spacial score (nSPS) is 11.2. The van der Waals surface area contributed by atoms with Crippen LogP contribution in [0.15, 0.2) is 12.3 Å². The summed E-state index contributed by atoms with van der Waals surface area (Å²) in [6.45, 7) is -0.119. The van der Waals surface area contributed by atoms with Gasteiger partial charge in [-0.2, -0.15) is 13.2 Å². The number of amides is 2. The summed E-state index contributed by atoms with van der Waals surface area (Å²) in [7, 11) is 0.